The van der Waals surface area contributed by atoms with Crippen LogP contribution in [-0.2, 0) is 0 Å². The first-order valence-corrected chi connectivity index (χ1v) is 3.78. The van der Waals surface area contributed by atoms with E-state index in [2.05, 4.69) is 28.8 Å². The van der Waals surface area contributed by atoms with Crippen LogP contribution in [0.15, 0.2) is 34.4 Å². The first kappa shape index (κ1) is 7.01. The van der Waals surface area contributed by atoms with Crippen LogP contribution in [-0.4, -0.2) is 12.1 Å². The minimum Gasteiger partial charge on any atom is -0.254 e. The van der Waals surface area contributed by atoms with E-state index in [1.165, 1.54) is 5.56 Å². The van der Waals surface area contributed by atoms with E-state index < -0.39 is 0 Å². The molecular weight excluding hydrogens is 148 g/mol. The lowest BCUT2D eigenvalue weighted by Crippen LogP contribution is -1.82. The van der Waals surface area contributed by atoms with Gasteiger partial charge in [-0.05, 0) is 19.1 Å². The van der Waals surface area contributed by atoms with Gasteiger partial charge in [0.15, 0.2) is 0 Å². The zero-order valence-electron chi connectivity index (χ0n) is 6.78. The van der Waals surface area contributed by atoms with Crippen molar-refractivity contribution >= 4 is 17.8 Å². The molecular formula is C10H8N2. The fourth-order valence-electron chi connectivity index (χ4n) is 1.13. The van der Waals surface area contributed by atoms with Crippen LogP contribution in [0.5, 0.6) is 0 Å². The summed E-state index contributed by atoms with van der Waals surface area (Å²) < 4.78 is 0. The highest BCUT2D eigenvalue weighted by atomic mass is 14.8. The number of aliphatic imine (C=N–C) groups is 2. The first-order valence-electron chi connectivity index (χ1n) is 3.78. The second kappa shape index (κ2) is 2.76. The molecule has 0 aliphatic carbocycles. The summed E-state index contributed by atoms with van der Waals surface area (Å²) in [6.45, 7) is 2.05. The van der Waals surface area contributed by atoms with Crippen LogP contribution in [0.1, 0.15) is 11.1 Å². The highest BCUT2D eigenvalue weighted by Crippen LogP contribution is 2.18. The second-order valence-corrected chi connectivity index (χ2v) is 2.71. The van der Waals surface area contributed by atoms with Crippen LogP contribution in [0.3, 0.4) is 0 Å². The second-order valence-electron chi connectivity index (χ2n) is 2.71. The van der Waals surface area contributed by atoms with Gasteiger partial charge in [0.05, 0.1) is 11.9 Å². The van der Waals surface area contributed by atoms with Crippen molar-refractivity contribution in [2.45, 2.75) is 6.92 Å². The van der Waals surface area contributed by atoms with Gasteiger partial charge in [-0.3, -0.25) is 4.99 Å². The summed E-state index contributed by atoms with van der Waals surface area (Å²) in [4.78, 5) is 8.10. The largest absolute Gasteiger partial charge is 0.254 e. The molecule has 2 nitrogen and oxygen atoms in total. The standard InChI is InChI=1S/C10H8N2/c1-8-2-3-10-9(6-8)7-11-4-5-12-10/h2-4,6-7H,1H3. The topological polar surface area (TPSA) is 24.7 Å². The van der Waals surface area contributed by atoms with Gasteiger partial charge in [-0.25, -0.2) is 4.99 Å². The first-order chi connectivity index (χ1) is 5.86. The van der Waals surface area contributed by atoms with Gasteiger partial charge in [-0.15, -0.1) is 0 Å². The van der Waals surface area contributed by atoms with Gasteiger partial charge < -0.3 is 0 Å². The van der Waals surface area contributed by atoms with E-state index in [4.69, 9.17) is 0 Å². The summed E-state index contributed by atoms with van der Waals surface area (Å²) in [6, 6.07) is 6.06. The van der Waals surface area contributed by atoms with Crippen LogP contribution in [0.4, 0.5) is 5.69 Å². The maximum absolute atomic E-state index is 4.10. The van der Waals surface area contributed by atoms with Gasteiger partial charge in [-0.1, -0.05) is 11.6 Å². The molecule has 1 aliphatic rings. The van der Waals surface area contributed by atoms with E-state index in [1.54, 1.807) is 12.4 Å². The lowest BCUT2D eigenvalue weighted by Gasteiger charge is -1.98. The third kappa shape index (κ3) is 1.20. The molecule has 0 aromatic heterocycles. The monoisotopic (exact) mass is 156 g/mol. The van der Waals surface area contributed by atoms with E-state index in [0.29, 0.717) is 0 Å². The summed E-state index contributed by atoms with van der Waals surface area (Å²) in [6.07, 6.45) is 3.36. The molecule has 0 amide bonds. The van der Waals surface area contributed by atoms with Crippen LogP contribution in [0.2, 0.25) is 0 Å². The van der Waals surface area contributed by atoms with Gasteiger partial charge in [0, 0.05) is 17.6 Å². The lowest BCUT2D eigenvalue weighted by atomic mass is 10.1. The predicted molar refractivity (Wildman–Crippen MR) is 50.4 cm³/mol. The molecule has 0 saturated carbocycles. The van der Waals surface area contributed by atoms with E-state index in [1.807, 2.05) is 12.1 Å². The van der Waals surface area contributed by atoms with Gasteiger partial charge >= 0.3 is 0 Å². The summed E-state index contributed by atoms with van der Waals surface area (Å²) in [5.74, 6) is 2.72. The predicted octanol–water partition coefficient (Wildman–Crippen LogP) is 2.24. The number of aryl methyl sites for hydroxylation is 1. The Labute approximate surface area is 71.0 Å². The molecule has 0 bridgehead atoms. The van der Waals surface area contributed by atoms with Crippen molar-refractivity contribution in [2.75, 3.05) is 0 Å². The van der Waals surface area contributed by atoms with Crippen molar-refractivity contribution in [2.24, 2.45) is 9.98 Å². The molecule has 58 valence electrons. The fraction of sp³-hybridized carbons (Fsp3) is 0.100. The van der Waals surface area contributed by atoms with Crippen LogP contribution >= 0.6 is 0 Å². The van der Waals surface area contributed by atoms with Crippen molar-refractivity contribution in [1.82, 2.24) is 0 Å². The van der Waals surface area contributed by atoms with Crippen LogP contribution in [0.25, 0.3) is 0 Å². The quantitative estimate of drug-likeness (QED) is 0.550. The molecule has 0 N–H and O–H groups in total. The summed E-state index contributed by atoms with van der Waals surface area (Å²) >= 11 is 0. The number of fused-ring (bicyclic) bond motifs is 1. The maximum Gasteiger partial charge on any atom is 0.0882 e. The molecule has 1 aliphatic heterocycles. The Morgan fingerprint density at radius 3 is 3.17 bits per heavy atom. The van der Waals surface area contributed by atoms with Gasteiger partial charge in [0.2, 0.25) is 0 Å². The van der Waals surface area contributed by atoms with Crippen LogP contribution in [0, 0.1) is 6.92 Å². The molecule has 12 heavy (non-hydrogen) atoms. The smallest absolute Gasteiger partial charge is 0.0882 e. The molecule has 0 fully saturated rings. The van der Waals surface area contributed by atoms with Crippen molar-refractivity contribution in [3.8, 4) is 0 Å². The average Bonchev–Trinajstić information content (AvgIpc) is 2.28. The highest BCUT2D eigenvalue weighted by molar-refractivity contribution is 5.89. The lowest BCUT2D eigenvalue weighted by molar-refractivity contribution is 1.43. The average molecular weight is 156 g/mol. The van der Waals surface area contributed by atoms with E-state index >= 15 is 0 Å². The number of hydrogen-bond acceptors (Lipinski definition) is 2. The molecule has 0 radical (unpaired) electrons. The molecule has 1 aromatic rings. The Kier molecular flexibility index (Phi) is 1.61. The number of rotatable bonds is 0. The van der Waals surface area contributed by atoms with Gasteiger partial charge in [-0.2, -0.15) is 0 Å². The Balaban J connectivity index is 2.65. The zero-order valence-corrected chi connectivity index (χ0v) is 6.78. The fourth-order valence-corrected chi connectivity index (χ4v) is 1.13. The molecule has 0 spiro atoms. The van der Waals surface area contributed by atoms with Gasteiger partial charge in [0.1, 0.15) is 0 Å². The van der Waals surface area contributed by atoms with E-state index in [-0.39, 0.29) is 0 Å². The van der Waals surface area contributed by atoms with Crippen molar-refractivity contribution in [3.05, 3.63) is 35.5 Å². The summed E-state index contributed by atoms with van der Waals surface area (Å²) in [5.41, 5.74) is 3.20. The van der Waals surface area contributed by atoms with Crippen LogP contribution < -0.4 is 0 Å². The zero-order chi connectivity index (χ0) is 8.39. The maximum atomic E-state index is 4.10. The minimum absolute atomic E-state index is 0.929. The Morgan fingerprint density at radius 1 is 1.33 bits per heavy atom. The molecule has 2 rings (SSSR count). The molecule has 2 heteroatoms. The molecule has 0 unspecified atom stereocenters. The normalized spacial score (nSPS) is 12.8. The Hall–Kier alpha value is -1.66. The summed E-state index contributed by atoms with van der Waals surface area (Å²) in [7, 11) is 0. The molecule has 0 saturated heterocycles. The number of nitrogens with zero attached hydrogens (tertiary/aromatic N) is 2. The van der Waals surface area contributed by atoms with Crippen molar-refractivity contribution in [1.29, 1.82) is 0 Å². The number of benzene rings is 1. The third-order valence-electron chi connectivity index (χ3n) is 1.71. The molecule has 1 aromatic carbocycles. The highest BCUT2D eigenvalue weighted by Gasteiger charge is 1.98. The third-order valence-corrected chi connectivity index (χ3v) is 1.71. The van der Waals surface area contributed by atoms with Gasteiger partial charge in [0.25, 0.3) is 0 Å². The molecule has 1 heterocycles. The molecule has 0 atom stereocenters. The SMILES string of the molecule is Cc1ccc2c(c1)C=NC=C=N2. The van der Waals surface area contributed by atoms with Crippen molar-refractivity contribution in [3.63, 3.8) is 0 Å². The Bertz CT molecular complexity index is 396. The summed E-state index contributed by atoms with van der Waals surface area (Å²) in [5, 5.41) is 0. The number of hydrogen-bond donors (Lipinski definition) is 0. The minimum atomic E-state index is 0.929. The van der Waals surface area contributed by atoms with E-state index in [0.717, 1.165) is 11.3 Å². The van der Waals surface area contributed by atoms with Crippen molar-refractivity contribution < 1.29 is 0 Å². The van der Waals surface area contributed by atoms with E-state index in [9.17, 15) is 0 Å². The Morgan fingerprint density at radius 2 is 2.25 bits per heavy atom.